The zero-order chi connectivity index (χ0) is 13.5. The number of carboxylic acid groups (broad SMARTS) is 1. The summed E-state index contributed by atoms with van der Waals surface area (Å²) < 4.78 is 0. The van der Waals surface area contributed by atoms with Gasteiger partial charge in [0.05, 0.1) is 0 Å². The quantitative estimate of drug-likeness (QED) is 0.753. The van der Waals surface area contributed by atoms with Crippen LogP contribution in [0.3, 0.4) is 0 Å². The summed E-state index contributed by atoms with van der Waals surface area (Å²) in [4.78, 5) is 22.2. The van der Waals surface area contributed by atoms with Crippen LogP contribution in [0.15, 0.2) is 24.3 Å². The Morgan fingerprint density at radius 2 is 1.78 bits per heavy atom. The molecule has 1 aromatic rings. The lowest BCUT2D eigenvalue weighted by molar-refractivity contribution is -0.137. The van der Waals surface area contributed by atoms with Crippen LogP contribution in [0, 0.1) is 5.92 Å². The average molecular weight is 248 g/mol. The summed E-state index contributed by atoms with van der Waals surface area (Å²) in [6, 6.07) is 7.49. The van der Waals surface area contributed by atoms with E-state index in [4.69, 9.17) is 5.11 Å². The van der Waals surface area contributed by atoms with Crippen LogP contribution in [0.2, 0.25) is 0 Å². The van der Waals surface area contributed by atoms with Crippen molar-refractivity contribution in [3.8, 4) is 0 Å². The van der Waals surface area contributed by atoms with Gasteiger partial charge in [-0.05, 0) is 24.3 Å². The number of benzene rings is 1. The van der Waals surface area contributed by atoms with Crippen molar-refractivity contribution >= 4 is 11.8 Å². The molecule has 0 aliphatic heterocycles. The third-order valence-corrected chi connectivity index (χ3v) is 2.73. The Hall–Kier alpha value is -1.64. The van der Waals surface area contributed by atoms with Crippen LogP contribution in [0.5, 0.6) is 0 Å². The van der Waals surface area contributed by atoms with Gasteiger partial charge in [0.15, 0.2) is 5.78 Å². The zero-order valence-electron chi connectivity index (χ0n) is 11.0. The summed E-state index contributed by atoms with van der Waals surface area (Å²) in [6.07, 6.45) is 2.13. The number of carboxylic acids is 1. The molecule has 0 saturated carbocycles. The van der Waals surface area contributed by atoms with Crippen molar-refractivity contribution in [1.29, 1.82) is 0 Å². The van der Waals surface area contributed by atoms with E-state index in [0.29, 0.717) is 18.8 Å². The third kappa shape index (κ3) is 5.13. The topological polar surface area (TPSA) is 54.4 Å². The van der Waals surface area contributed by atoms with Crippen molar-refractivity contribution in [3.63, 3.8) is 0 Å². The molecule has 0 aliphatic carbocycles. The largest absolute Gasteiger partial charge is 0.481 e. The van der Waals surface area contributed by atoms with Gasteiger partial charge in [-0.1, -0.05) is 38.1 Å². The number of Topliss-reactive ketones (excluding diaryl/α,β-unsaturated/α-hetero) is 1. The van der Waals surface area contributed by atoms with E-state index in [0.717, 1.165) is 17.5 Å². The minimum absolute atomic E-state index is 0.169. The molecule has 0 radical (unpaired) electrons. The molecule has 0 unspecified atom stereocenters. The number of hydrogen-bond acceptors (Lipinski definition) is 2. The molecule has 0 heterocycles. The Bertz CT molecular complexity index is 404. The Labute approximate surface area is 108 Å². The number of carbonyl (C=O) groups excluding carboxylic acids is 1. The summed E-state index contributed by atoms with van der Waals surface area (Å²) in [5.74, 6) is -0.228. The second kappa shape index (κ2) is 6.94. The van der Waals surface area contributed by atoms with Gasteiger partial charge < -0.3 is 5.11 Å². The van der Waals surface area contributed by atoms with E-state index in [2.05, 4.69) is 0 Å². The van der Waals surface area contributed by atoms with Crippen molar-refractivity contribution in [1.82, 2.24) is 0 Å². The molecule has 0 amide bonds. The smallest absolute Gasteiger partial charge is 0.303 e. The molecule has 0 aliphatic rings. The van der Waals surface area contributed by atoms with Crippen molar-refractivity contribution in [2.45, 2.75) is 39.5 Å². The van der Waals surface area contributed by atoms with Gasteiger partial charge in [0, 0.05) is 18.4 Å². The van der Waals surface area contributed by atoms with E-state index in [9.17, 15) is 9.59 Å². The molecular weight excluding hydrogens is 228 g/mol. The lowest BCUT2D eigenvalue weighted by Crippen LogP contribution is -2.03. The molecular formula is C15H20O3. The fourth-order valence-corrected chi connectivity index (χ4v) is 1.79. The van der Waals surface area contributed by atoms with Crippen molar-refractivity contribution in [3.05, 3.63) is 35.4 Å². The second-order valence-electron chi connectivity index (χ2n) is 4.97. The maximum atomic E-state index is 11.8. The minimum Gasteiger partial charge on any atom is -0.481 e. The lowest BCUT2D eigenvalue weighted by Gasteiger charge is -2.05. The van der Waals surface area contributed by atoms with Crippen LogP contribution in [-0.2, 0) is 11.2 Å². The molecule has 3 heteroatoms. The lowest BCUT2D eigenvalue weighted by atomic mass is 9.99. The summed E-state index contributed by atoms with van der Waals surface area (Å²) in [7, 11) is 0. The zero-order valence-corrected chi connectivity index (χ0v) is 11.0. The van der Waals surface area contributed by atoms with E-state index in [1.54, 1.807) is 0 Å². The first kappa shape index (κ1) is 14.4. The molecule has 0 spiro atoms. The van der Waals surface area contributed by atoms with Crippen LogP contribution < -0.4 is 0 Å². The van der Waals surface area contributed by atoms with Gasteiger partial charge in [-0.2, -0.15) is 0 Å². The molecule has 0 saturated heterocycles. The number of ketones is 1. The standard InChI is InChI=1S/C15H20O3/c1-11(2)10-14(16)13-8-6-12(7-9-13)4-3-5-15(17)18/h6-9,11H,3-5,10H2,1-2H3,(H,17,18). The van der Waals surface area contributed by atoms with E-state index in [1.165, 1.54) is 0 Å². The fourth-order valence-electron chi connectivity index (χ4n) is 1.79. The highest BCUT2D eigenvalue weighted by molar-refractivity contribution is 5.96. The third-order valence-electron chi connectivity index (χ3n) is 2.73. The van der Waals surface area contributed by atoms with E-state index in [1.807, 2.05) is 38.1 Å². The highest BCUT2D eigenvalue weighted by atomic mass is 16.4. The van der Waals surface area contributed by atoms with Gasteiger partial charge in [-0.25, -0.2) is 0 Å². The van der Waals surface area contributed by atoms with Crippen molar-refractivity contribution < 1.29 is 14.7 Å². The number of aliphatic carboxylic acids is 1. The van der Waals surface area contributed by atoms with Gasteiger partial charge in [0.2, 0.25) is 0 Å². The Morgan fingerprint density at radius 3 is 2.28 bits per heavy atom. The number of carbonyl (C=O) groups is 2. The first-order valence-corrected chi connectivity index (χ1v) is 6.33. The number of rotatable bonds is 7. The normalized spacial score (nSPS) is 10.6. The molecule has 98 valence electrons. The van der Waals surface area contributed by atoms with Crippen LogP contribution in [0.1, 0.15) is 49.0 Å². The summed E-state index contributed by atoms with van der Waals surface area (Å²) in [6.45, 7) is 4.05. The SMILES string of the molecule is CC(C)CC(=O)c1ccc(CCCC(=O)O)cc1. The first-order chi connectivity index (χ1) is 8.49. The monoisotopic (exact) mass is 248 g/mol. The van der Waals surface area contributed by atoms with Gasteiger partial charge in [0.25, 0.3) is 0 Å². The summed E-state index contributed by atoms with van der Waals surface area (Å²) >= 11 is 0. The molecule has 0 aromatic heterocycles. The Kier molecular flexibility index (Phi) is 5.56. The average Bonchev–Trinajstić information content (AvgIpc) is 2.28. The second-order valence-corrected chi connectivity index (χ2v) is 4.97. The van der Waals surface area contributed by atoms with Gasteiger partial charge in [-0.3, -0.25) is 9.59 Å². The maximum Gasteiger partial charge on any atom is 0.303 e. The van der Waals surface area contributed by atoms with E-state index < -0.39 is 5.97 Å². The minimum atomic E-state index is -0.765. The predicted molar refractivity (Wildman–Crippen MR) is 70.8 cm³/mol. The predicted octanol–water partition coefficient (Wildman–Crippen LogP) is 3.32. The van der Waals surface area contributed by atoms with Gasteiger partial charge >= 0.3 is 5.97 Å². The summed E-state index contributed by atoms with van der Waals surface area (Å²) in [5, 5.41) is 8.55. The number of hydrogen-bond donors (Lipinski definition) is 1. The fraction of sp³-hybridized carbons (Fsp3) is 0.467. The van der Waals surface area contributed by atoms with Crippen LogP contribution in [-0.4, -0.2) is 16.9 Å². The first-order valence-electron chi connectivity index (χ1n) is 6.33. The van der Waals surface area contributed by atoms with Crippen LogP contribution >= 0.6 is 0 Å². The molecule has 18 heavy (non-hydrogen) atoms. The van der Waals surface area contributed by atoms with E-state index >= 15 is 0 Å². The van der Waals surface area contributed by atoms with Crippen molar-refractivity contribution in [2.24, 2.45) is 5.92 Å². The molecule has 1 aromatic carbocycles. The molecule has 0 atom stereocenters. The van der Waals surface area contributed by atoms with Gasteiger partial charge in [-0.15, -0.1) is 0 Å². The molecule has 3 nitrogen and oxygen atoms in total. The van der Waals surface area contributed by atoms with Crippen LogP contribution in [0.25, 0.3) is 0 Å². The maximum absolute atomic E-state index is 11.8. The van der Waals surface area contributed by atoms with Gasteiger partial charge in [0.1, 0.15) is 0 Å². The highest BCUT2D eigenvalue weighted by Crippen LogP contribution is 2.12. The van der Waals surface area contributed by atoms with Crippen molar-refractivity contribution in [2.75, 3.05) is 0 Å². The Balaban J connectivity index is 2.52. The number of aryl methyl sites for hydroxylation is 1. The highest BCUT2D eigenvalue weighted by Gasteiger charge is 2.08. The molecule has 1 rings (SSSR count). The summed E-state index contributed by atoms with van der Waals surface area (Å²) in [5.41, 5.74) is 1.82. The molecule has 0 fully saturated rings. The Morgan fingerprint density at radius 1 is 1.17 bits per heavy atom. The molecule has 1 N–H and O–H groups in total. The van der Waals surface area contributed by atoms with Crippen LogP contribution in [0.4, 0.5) is 0 Å². The molecule has 0 bridgehead atoms. The van der Waals surface area contributed by atoms with E-state index in [-0.39, 0.29) is 12.2 Å².